The molecule has 0 rings (SSSR count). The molecule has 0 heterocycles. The third-order valence-corrected chi connectivity index (χ3v) is 2.14. The molecule has 0 atom stereocenters. The normalized spacial score (nSPS) is 7.93. The summed E-state index contributed by atoms with van der Waals surface area (Å²) >= 11 is 0. The Hall–Kier alpha value is 0.159. The van der Waals surface area contributed by atoms with Gasteiger partial charge in [-0.3, -0.25) is 9.80 Å². The van der Waals surface area contributed by atoms with Gasteiger partial charge in [0, 0.05) is 39.3 Å². The van der Waals surface area contributed by atoms with Crippen molar-refractivity contribution in [2.75, 3.05) is 39.3 Å². The number of rotatable bonds is 11. The first-order chi connectivity index (χ1) is 9.20. The number of hydrogen-bond acceptors (Lipinski definition) is 10. The van der Waals surface area contributed by atoms with E-state index in [-0.39, 0.29) is 111 Å². The van der Waals surface area contributed by atoms with Gasteiger partial charge in [-0.05, 0) is 0 Å². The molecule has 155 valence electrons. The van der Waals surface area contributed by atoms with Crippen molar-refractivity contribution >= 4 is 23.9 Å². The molecule has 1 radical (unpaired) electrons. The quantitative estimate of drug-likeness (QED) is 0.202. The minimum atomic E-state index is -1.53. The van der Waals surface area contributed by atoms with E-state index in [0.717, 1.165) is 9.80 Å². The van der Waals surface area contributed by atoms with Gasteiger partial charge in [-0.2, -0.15) is 0 Å². The van der Waals surface area contributed by atoms with E-state index in [4.69, 9.17) is 0 Å². The molecule has 14 nitrogen and oxygen atoms in total. The van der Waals surface area contributed by atoms with Crippen LogP contribution >= 0.6 is 0 Å². The molecule has 0 unspecified atom stereocenters. The number of nitrogens with zero attached hydrogens (tertiary/aromatic N) is 2. The Balaban J connectivity index is -0.0000000860. The summed E-state index contributed by atoms with van der Waals surface area (Å²) < 4.78 is 0. The number of carboxylic acids is 4. The molecule has 0 saturated heterocycles. The van der Waals surface area contributed by atoms with Gasteiger partial charge in [0.1, 0.15) is 0 Å². The fraction of sp³-hybridized carbons (Fsp3) is 0.600. The Morgan fingerprint density at radius 2 is 0.704 bits per heavy atom. The van der Waals surface area contributed by atoms with Crippen LogP contribution in [0.4, 0.5) is 0 Å². The van der Waals surface area contributed by atoms with Crippen molar-refractivity contribution in [3.05, 3.63) is 0 Å². The summed E-state index contributed by atoms with van der Waals surface area (Å²) in [5.74, 6) is -6.12. The Morgan fingerprint density at radius 3 is 0.815 bits per heavy atom. The predicted octanol–water partition coefficient (Wildman–Crippen LogP) is -16.8. The number of hydrogen-bond donors (Lipinski definition) is 0. The van der Waals surface area contributed by atoms with Crippen LogP contribution in [0.15, 0.2) is 0 Å². The molecule has 0 bridgehead atoms. The summed E-state index contributed by atoms with van der Waals surface area (Å²) in [7, 11) is 0. The standard InChI is InChI=1S/C10H16N2O8.Cu.2Na.4H2O/c13-7(14)3-11(4-8(15)16)1-2-12(5-9(17)18)6-10(19)20;;;;;;;/h1-6H2,(H,13,14)(H,15,16)(H,17,18)(H,19,20);;;;4*1H2/q;+2;2*+1;;;;/p-3. The second kappa shape index (κ2) is 28.4. The van der Waals surface area contributed by atoms with Crippen molar-refractivity contribution in [3.63, 3.8) is 0 Å². The second-order valence-electron chi connectivity index (χ2n) is 3.91. The predicted molar refractivity (Wildman–Crippen MR) is 68.6 cm³/mol. The van der Waals surface area contributed by atoms with Crippen LogP contribution in [-0.2, 0) is 41.7 Å². The van der Waals surface area contributed by atoms with Gasteiger partial charge in [-0.25, -0.2) is 0 Å². The molecule has 9 N–H and O–H groups in total. The van der Waals surface area contributed by atoms with Crippen molar-refractivity contribution in [1.29, 1.82) is 0 Å². The van der Waals surface area contributed by atoms with Crippen molar-refractivity contribution in [3.8, 4) is 0 Å². The van der Waals surface area contributed by atoms with E-state index >= 15 is 0 Å². The second-order valence-corrected chi connectivity index (χ2v) is 3.91. The van der Waals surface area contributed by atoms with Gasteiger partial charge >= 0.3 is 76.2 Å². The van der Waals surface area contributed by atoms with Crippen LogP contribution in [0.25, 0.3) is 0 Å². The van der Waals surface area contributed by atoms with Gasteiger partial charge in [0.25, 0.3) is 0 Å². The fourth-order valence-corrected chi connectivity index (χ4v) is 1.44. The van der Waals surface area contributed by atoms with E-state index in [2.05, 4.69) is 0 Å². The van der Waals surface area contributed by atoms with E-state index in [1.54, 1.807) is 0 Å². The molecule has 0 aromatic rings. The van der Waals surface area contributed by atoms with Crippen molar-refractivity contribution in [1.82, 2.24) is 9.80 Å². The van der Waals surface area contributed by atoms with Crippen LogP contribution in [0.5, 0.6) is 0 Å². The van der Waals surface area contributed by atoms with Crippen LogP contribution in [0.1, 0.15) is 0 Å². The molecule has 0 aliphatic carbocycles. The number of carboxylic acid groups (broad SMARTS) is 4. The minimum absolute atomic E-state index is 0. The summed E-state index contributed by atoms with van der Waals surface area (Å²) in [6.45, 7) is -3.25. The van der Waals surface area contributed by atoms with Crippen molar-refractivity contribution < 1.29 is 138 Å². The zero-order chi connectivity index (χ0) is 15.7. The molecule has 0 aliphatic heterocycles. The van der Waals surface area contributed by atoms with E-state index in [9.17, 15) is 39.6 Å². The van der Waals surface area contributed by atoms with E-state index in [1.165, 1.54) is 0 Å². The maximum atomic E-state index is 10.4. The number of carbonyl (C=O) groups excluding carboxylic acids is 4. The van der Waals surface area contributed by atoms with Crippen LogP contribution in [0, 0.1) is 0 Å². The molecule has 0 spiro atoms. The number of aliphatic carboxylic acids is 4. The first-order valence-electron chi connectivity index (χ1n) is 5.44. The third-order valence-electron chi connectivity index (χ3n) is 2.14. The maximum absolute atomic E-state index is 10.4. The maximum Gasteiger partial charge on any atom is 2.00 e. The SMILES string of the molecule is O.O.O.O=C([O-])CN(CCN(CC(=O)[O-])CC(=O)[O-])CC(=O)[O-].[Cu+2].[Na+].[Na+].[OH3+]. The summed E-state index contributed by atoms with van der Waals surface area (Å²) in [4.78, 5) is 43.4. The summed E-state index contributed by atoms with van der Waals surface area (Å²) in [5.41, 5.74) is 0. The molecule has 0 saturated carbocycles. The molecule has 0 aromatic heterocycles. The van der Waals surface area contributed by atoms with Crippen LogP contribution in [-0.4, -0.2) is 89.4 Å². The van der Waals surface area contributed by atoms with E-state index in [0.29, 0.717) is 0 Å². The minimum Gasteiger partial charge on any atom is -0.549 e. The van der Waals surface area contributed by atoms with E-state index < -0.39 is 50.1 Å². The smallest absolute Gasteiger partial charge is 0.549 e. The summed E-state index contributed by atoms with van der Waals surface area (Å²) in [5, 5.41) is 41.6. The molecule has 0 amide bonds. The van der Waals surface area contributed by atoms with Gasteiger partial charge in [-0.15, -0.1) is 0 Å². The Bertz CT molecular complexity index is 336. The average Bonchev–Trinajstić information content (AvgIpc) is 2.22. The van der Waals surface area contributed by atoms with Crippen LogP contribution < -0.4 is 79.5 Å². The van der Waals surface area contributed by atoms with Gasteiger partial charge in [0.05, 0.1) is 23.9 Å². The summed E-state index contributed by atoms with van der Waals surface area (Å²) in [6.07, 6.45) is 0. The first kappa shape index (κ1) is 50.6. The average molecular weight is 471 g/mol. The molecule has 0 aromatic carbocycles. The molecular formula is C10H21CuN2Na2O12+. The van der Waals surface area contributed by atoms with Gasteiger partial charge in [0.15, 0.2) is 0 Å². The summed E-state index contributed by atoms with van der Waals surface area (Å²) in [6, 6.07) is 0. The monoisotopic (exact) mass is 470 g/mol. The van der Waals surface area contributed by atoms with Gasteiger partial charge < -0.3 is 61.5 Å². The molecule has 0 fully saturated rings. The molecule has 17 heteroatoms. The van der Waals surface area contributed by atoms with Gasteiger partial charge in [-0.1, -0.05) is 0 Å². The molecular weight excluding hydrogens is 450 g/mol. The Labute approximate surface area is 209 Å². The zero-order valence-corrected chi connectivity index (χ0v) is 19.7. The van der Waals surface area contributed by atoms with Crippen LogP contribution in [0.3, 0.4) is 0 Å². The Morgan fingerprint density at radius 1 is 0.556 bits per heavy atom. The Kier molecular flexibility index (Phi) is 53.2. The largest absolute Gasteiger partial charge is 2.00 e. The van der Waals surface area contributed by atoms with E-state index in [1.807, 2.05) is 0 Å². The van der Waals surface area contributed by atoms with Crippen molar-refractivity contribution in [2.45, 2.75) is 0 Å². The molecule has 27 heavy (non-hydrogen) atoms. The number of carbonyl (C=O) groups is 4. The third kappa shape index (κ3) is 34.1. The first-order valence-corrected chi connectivity index (χ1v) is 5.44. The molecule has 0 aliphatic rings. The van der Waals surface area contributed by atoms with Gasteiger partial charge in [0.2, 0.25) is 0 Å². The van der Waals surface area contributed by atoms with Crippen molar-refractivity contribution in [2.24, 2.45) is 0 Å². The van der Waals surface area contributed by atoms with Crippen LogP contribution in [0.2, 0.25) is 0 Å². The topological polar surface area (TPSA) is 294 Å². The zero-order valence-electron chi connectivity index (χ0n) is 14.8. The fourth-order valence-electron chi connectivity index (χ4n) is 1.44.